The average molecular weight is 275 g/mol. The van der Waals surface area contributed by atoms with E-state index in [1.165, 1.54) is 11.1 Å². The van der Waals surface area contributed by atoms with Crippen LogP contribution < -0.4 is 0 Å². The van der Waals surface area contributed by atoms with E-state index in [9.17, 15) is 4.79 Å². The van der Waals surface area contributed by atoms with Gasteiger partial charge in [0.2, 0.25) is 0 Å². The molecule has 0 aliphatic carbocycles. The maximum absolute atomic E-state index is 11.1. The molecule has 1 fully saturated rings. The Kier molecular flexibility index (Phi) is 5.18. The van der Waals surface area contributed by atoms with Gasteiger partial charge in [-0.1, -0.05) is 38.1 Å². The molecule has 20 heavy (non-hydrogen) atoms. The van der Waals surface area contributed by atoms with E-state index >= 15 is 0 Å². The number of piperidine rings is 1. The summed E-state index contributed by atoms with van der Waals surface area (Å²) in [6.45, 7) is 7.02. The molecule has 0 amide bonds. The van der Waals surface area contributed by atoms with Gasteiger partial charge < -0.3 is 5.11 Å². The van der Waals surface area contributed by atoms with E-state index in [0.29, 0.717) is 12.5 Å². The number of carbonyl (C=O) groups is 1. The Morgan fingerprint density at radius 2 is 1.95 bits per heavy atom. The zero-order chi connectivity index (χ0) is 14.5. The van der Waals surface area contributed by atoms with Crippen LogP contribution in [0, 0.1) is 11.8 Å². The van der Waals surface area contributed by atoms with Crippen molar-refractivity contribution in [2.75, 3.05) is 13.1 Å². The molecule has 0 spiro atoms. The number of nitrogens with zero attached hydrogens (tertiary/aromatic N) is 1. The van der Waals surface area contributed by atoms with Crippen molar-refractivity contribution in [2.45, 2.75) is 39.7 Å². The summed E-state index contributed by atoms with van der Waals surface area (Å²) in [6.07, 6.45) is 2.92. The SMILES string of the molecule is CC(C)Cc1ccc(CN2CCCC(C(=O)O)C2)cc1. The third kappa shape index (κ3) is 4.34. The molecule has 1 unspecified atom stereocenters. The molecule has 3 nitrogen and oxygen atoms in total. The van der Waals surface area contributed by atoms with Gasteiger partial charge in [0.15, 0.2) is 0 Å². The minimum atomic E-state index is -0.651. The fourth-order valence-electron chi connectivity index (χ4n) is 2.91. The molecule has 1 heterocycles. The summed E-state index contributed by atoms with van der Waals surface area (Å²) in [4.78, 5) is 13.3. The summed E-state index contributed by atoms with van der Waals surface area (Å²) in [7, 11) is 0. The summed E-state index contributed by atoms with van der Waals surface area (Å²) in [5, 5.41) is 9.12. The van der Waals surface area contributed by atoms with Crippen molar-refractivity contribution in [3.8, 4) is 0 Å². The van der Waals surface area contributed by atoms with Crippen molar-refractivity contribution in [2.24, 2.45) is 11.8 Å². The van der Waals surface area contributed by atoms with Crippen LogP contribution in [0.5, 0.6) is 0 Å². The molecule has 2 rings (SSSR count). The summed E-state index contributed by atoms with van der Waals surface area (Å²) in [5.41, 5.74) is 2.66. The molecule has 1 N–H and O–H groups in total. The number of carboxylic acid groups (broad SMARTS) is 1. The van der Waals surface area contributed by atoms with E-state index in [0.717, 1.165) is 32.4 Å². The zero-order valence-corrected chi connectivity index (χ0v) is 12.5. The summed E-state index contributed by atoms with van der Waals surface area (Å²) in [5.74, 6) is -0.162. The van der Waals surface area contributed by atoms with Crippen molar-refractivity contribution < 1.29 is 9.90 Å². The van der Waals surface area contributed by atoms with Crippen molar-refractivity contribution in [3.05, 3.63) is 35.4 Å². The number of hydrogen-bond donors (Lipinski definition) is 1. The molecule has 0 radical (unpaired) electrons. The lowest BCUT2D eigenvalue weighted by Gasteiger charge is -2.30. The second-order valence-electron chi connectivity index (χ2n) is 6.33. The standard InChI is InChI=1S/C17H25NO2/c1-13(2)10-14-5-7-15(8-6-14)11-18-9-3-4-16(12-18)17(19)20/h5-8,13,16H,3-4,9-12H2,1-2H3,(H,19,20). The molecular formula is C17H25NO2. The minimum Gasteiger partial charge on any atom is -0.481 e. The van der Waals surface area contributed by atoms with Gasteiger partial charge >= 0.3 is 5.97 Å². The molecule has 0 aromatic heterocycles. The molecule has 1 aliphatic heterocycles. The Labute approximate surface area is 121 Å². The second kappa shape index (κ2) is 6.89. The number of hydrogen-bond acceptors (Lipinski definition) is 2. The average Bonchev–Trinajstić information content (AvgIpc) is 2.41. The van der Waals surface area contributed by atoms with Gasteiger partial charge in [0.25, 0.3) is 0 Å². The highest BCUT2D eigenvalue weighted by Crippen LogP contribution is 2.19. The first-order valence-corrected chi connectivity index (χ1v) is 7.57. The summed E-state index contributed by atoms with van der Waals surface area (Å²) >= 11 is 0. The van der Waals surface area contributed by atoms with Gasteiger partial charge in [0.1, 0.15) is 0 Å². The van der Waals surface area contributed by atoms with Crippen LogP contribution in [0.25, 0.3) is 0 Å². The summed E-state index contributed by atoms with van der Waals surface area (Å²) < 4.78 is 0. The number of carboxylic acids is 1. The fourth-order valence-corrected chi connectivity index (χ4v) is 2.91. The van der Waals surface area contributed by atoms with Gasteiger partial charge in [-0.2, -0.15) is 0 Å². The fraction of sp³-hybridized carbons (Fsp3) is 0.588. The van der Waals surface area contributed by atoms with Crippen LogP contribution in [0.15, 0.2) is 24.3 Å². The van der Waals surface area contributed by atoms with E-state index < -0.39 is 5.97 Å². The lowest BCUT2D eigenvalue weighted by Crippen LogP contribution is -2.38. The van der Waals surface area contributed by atoms with Gasteiger partial charge in [0.05, 0.1) is 5.92 Å². The third-order valence-electron chi connectivity index (χ3n) is 3.93. The highest BCUT2D eigenvalue weighted by molar-refractivity contribution is 5.70. The molecule has 3 heteroatoms. The molecule has 1 aliphatic rings. The second-order valence-corrected chi connectivity index (χ2v) is 6.33. The normalized spacial score (nSPS) is 20.2. The molecule has 1 atom stereocenters. The van der Waals surface area contributed by atoms with E-state index in [-0.39, 0.29) is 5.92 Å². The first-order valence-electron chi connectivity index (χ1n) is 7.57. The quantitative estimate of drug-likeness (QED) is 0.897. The van der Waals surface area contributed by atoms with Gasteiger partial charge in [-0.15, -0.1) is 0 Å². The molecule has 1 saturated heterocycles. The Morgan fingerprint density at radius 1 is 1.30 bits per heavy atom. The van der Waals surface area contributed by atoms with Crippen LogP contribution in [0.2, 0.25) is 0 Å². The summed E-state index contributed by atoms with van der Waals surface area (Å²) in [6, 6.07) is 8.77. The van der Waals surface area contributed by atoms with Crippen molar-refractivity contribution in [3.63, 3.8) is 0 Å². The van der Waals surface area contributed by atoms with Gasteiger partial charge in [-0.3, -0.25) is 9.69 Å². The van der Waals surface area contributed by atoms with Crippen LogP contribution in [-0.4, -0.2) is 29.1 Å². The van der Waals surface area contributed by atoms with Crippen LogP contribution >= 0.6 is 0 Å². The number of likely N-dealkylation sites (tertiary alicyclic amines) is 1. The van der Waals surface area contributed by atoms with Crippen molar-refractivity contribution >= 4 is 5.97 Å². The Hall–Kier alpha value is -1.35. The molecule has 1 aromatic carbocycles. The van der Waals surface area contributed by atoms with Gasteiger partial charge in [0, 0.05) is 13.1 Å². The van der Waals surface area contributed by atoms with Crippen molar-refractivity contribution in [1.82, 2.24) is 4.90 Å². The van der Waals surface area contributed by atoms with Crippen LogP contribution in [0.3, 0.4) is 0 Å². The highest BCUT2D eigenvalue weighted by Gasteiger charge is 2.25. The molecule has 0 bridgehead atoms. The Bertz CT molecular complexity index is 439. The van der Waals surface area contributed by atoms with Gasteiger partial charge in [-0.05, 0) is 42.9 Å². The minimum absolute atomic E-state index is 0.191. The van der Waals surface area contributed by atoms with E-state index in [4.69, 9.17) is 5.11 Å². The molecule has 110 valence electrons. The van der Waals surface area contributed by atoms with Gasteiger partial charge in [-0.25, -0.2) is 0 Å². The monoisotopic (exact) mass is 275 g/mol. The predicted octanol–water partition coefficient (Wildman–Crippen LogP) is 3.18. The maximum Gasteiger partial charge on any atom is 0.307 e. The van der Waals surface area contributed by atoms with Crippen LogP contribution in [-0.2, 0) is 17.8 Å². The van der Waals surface area contributed by atoms with E-state index in [1.54, 1.807) is 0 Å². The molecular weight excluding hydrogens is 250 g/mol. The van der Waals surface area contributed by atoms with Crippen LogP contribution in [0.1, 0.15) is 37.8 Å². The van der Waals surface area contributed by atoms with E-state index in [2.05, 4.69) is 43.0 Å². The van der Waals surface area contributed by atoms with Crippen LogP contribution in [0.4, 0.5) is 0 Å². The lowest BCUT2D eigenvalue weighted by molar-refractivity contribution is -0.143. The van der Waals surface area contributed by atoms with E-state index in [1.807, 2.05) is 0 Å². The molecule has 0 saturated carbocycles. The number of rotatable bonds is 5. The zero-order valence-electron chi connectivity index (χ0n) is 12.5. The predicted molar refractivity (Wildman–Crippen MR) is 80.6 cm³/mol. The molecule has 1 aromatic rings. The first-order chi connectivity index (χ1) is 9.54. The number of aliphatic carboxylic acids is 1. The maximum atomic E-state index is 11.1. The Morgan fingerprint density at radius 3 is 2.55 bits per heavy atom. The first kappa shape index (κ1) is 15.0. The third-order valence-corrected chi connectivity index (χ3v) is 3.93. The highest BCUT2D eigenvalue weighted by atomic mass is 16.4. The Balaban J connectivity index is 1.91. The van der Waals surface area contributed by atoms with Crippen molar-refractivity contribution in [1.29, 1.82) is 0 Å². The number of benzene rings is 1. The topological polar surface area (TPSA) is 40.5 Å². The smallest absolute Gasteiger partial charge is 0.307 e. The lowest BCUT2D eigenvalue weighted by atomic mass is 9.97. The largest absolute Gasteiger partial charge is 0.481 e.